The molecule has 2 aliphatic rings. The van der Waals surface area contributed by atoms with Crippen molar-refractivity contribution < 1.29 is 27.9 Å². The van der Waals surface area contributed by atoms with E-state index in [0.29, 0.717) is 45.4 Å². The van der Waals surface area contributed by atoms with Crippen LogP contribution in [0.15, 0.2) is 41.0 Å². The van der Waals surface area contributed by atoms with Crippen molar-refractivity contribution >= 4 is 37.8 Å². The number of methoxy groups -OCH3 is 1. The standard InChI is InChI=1S/C22H23FN4O5S/c1-30-19-9-14(27-33(29)5-2-6-33)8-16-21(19)22(25-12-24-16)26-15-4-3-13(23)7-18(15)32-20-11-31-10-17(20)28/h3-4,7-9,12,17,20,28H,2,5-6,10-11H2,1H3,(H,24,25,26)/t17-,20+/m1/s1. The highest BCUT2D eigenvalue weighted by atomic mass is 32.2. The van der Waals surface area contributed by atoms with Gasteiger partial charge in [-0.25, -0.2) is 18.6 Å². The fourth-order valence-electron chi connectivity index (χ4n) is 3.75. The molecule has 0 saturated carbocycles. The number of fused-ring (bicyclic) bond motifs is 1. The molecule has 2 aromatic carbocycles. The number of hydrogen-bond acceptors (Lipinski definition) is 9. The van der Waals surface area contributed by atoms with Crippen LogP contribution in [-0.4, -0.2) is 63.3 Å². The molecule has 9 nitrogen and oxygen atoms in total. The molecule has 2 saturated heterocycles. The predicted molar refractivity (Wildman–Crippen MR) is 122 cm³/mol. The first-order valence-electron chi connectivity index (χ1n) is 10.5. The molecule has 2 fully saturated rings. The van der Waals surface area contributed by atoms with E-state index in [9.17, 15) is 13.7 Å². The molecule has 2 N–H and O–H groups in total. The van der Waals surface area contributed by atoms with Crippen LogP contribution in [0.5, 0.6) is 11.5 Å². The zero-order chi connectivity index (χ0) is 23.0. The van der Waals surface area contributed by atoms with E-state index >= 15 is 0 Å². The van der Waals surface area contributed by atoms with Gasteiger partial charge in [-0.1, -0.05) is 0 Å². The number of aromatic nitrogens is 2. The number of anilines is 2. The lowest BCUT2D eigenvalue weighted by Gasteiger charge is -2.20. The molecule has 1 aromatic heterocycles. The Morgan fingerprint density at radius 1 is 1.21 bits per heavy atom. The topological polar surface area (TPSA) is 115 Å². The monoisotopic (exact) mass is 474 g/mol. The van der Waals surface area contributed by atoms with Gasteiger partial charge in [0.25, 0.3) is 0 Å². The molecule has 3 aromatic rings. The molecule has 0 radical (unpaired) electrons. The maximum Gasteiger partial charge on any atom is 0.150 e. The average molecular weight is 475 g/mol. The van der Waals surface area contributed by atoms with Gasteiger partial charge in [0.1, 0.15) is 35.6 Å². The van der Waals surface area contributed by atoms with Gasteiger partial charge in [-0.05, 0) is 24.6 Å². The Balaban J connectivity index is 1.53. The number of nitrogens with one attached hydrogen (secondary N) is 1. The zero-order valence-electron chi connectivity index (χ0n) is 17.9. The van der Waals surface area contributed by atoms with E-state index in [2.05, 4.69) is 19.6 Å². The van der Waals surface area contributed by atoms with E-state index in [0.717, 1.165) is 6.42 Å². The van der Waals surface area contributed by atoms with Gasteiger partial charge in [0.05, 0.1) is 52.3 Å². The van der Waals surface area contributed by atoms with Crippen molar-refractivity contribution in [2.75, 3.05) is 37.1 Å². The van der Waals surface area contributed by atoms with Crippen LogP contribution in [-0.2, 0) is 14.5 Å². The number of halogens is 1. The number of aliphatic hydroxyl groups excluding tert-OH is 1. The number of aliphatic hydroxyl groups is 1. The van der Waals surface area contributed by atoms with Crippen LogP contribution in [0.2, 0.25) is 0 Å². The predicted octanol–water partition coefficient (Wildman–Crippen LogP) is 3.16. The van der Waals surface area contributed by atoms with Crippen molar-refractivity contribution in [1.29, 1.82) is 0 Å². The summed E-state index contributed by atoms with van der Waals surface area (Å²) >= 11 is 0. The van der Waals surface area contributed by atoms with Gasteiger partial charge in [0.15, 0.2) is 6.10 Å². The molecule has 0 spiro atoms. The van der Waals surface area contributed by atoms with Crippen molar-refractivity contribution in [2.45, 2.75) is 18.6 Å². The van der Waals surface area contributed by atoms with Gasteiger partial charge in [-0.15, -0.1) is 0 Å². The van der Waals surface area contributed by atoms with E-state index in [-0.39, 0.29) is 19.0 Å². The average Bonchev–Trinajstić information content (AvgIpc) is 3.18. The SMILES string of the molecule is COc1cc(N=S2(=O)CCC2)cc2ncnc(Nc3ccc(F)cc3O[C@H]3COC[C@H]3O)c12. The largest absolute Gasteiger partial charge is 0.496 e. The van der Waals surface area contributed by atoms with Crippen molar-refractivity contribution in [1.82, 2.24) is 9.97 Å². The van der Waals surface area contributed by atoms with E-state index in [4.69, 9.17) is 14.2 Å². The Hall–Kier alpha value is -3.02. The first-order chi connectivity index (χ1) is 15.9. The maximum absolute atomic E-state index is 14.0. The summed E-state index contributed by atoms with van der Waals surface area (Å²) in [6.07, 6.45) is 0.886. The maximum atomic E-state index is 14.0. The minimum absolute atomic E-state index is 0.163. The molecule has 0 aliphatic carbocycles. The van der Waals surface area contributed by atoms with Gasteiger partial charge >= 0.3 is 0 Å². The second kappa shape index (κ2) is 8.73. The number of benzene rings is 2. The van der Waals surface area contributed by atoms with E-state index < -0.39 is 27.8 Å². The summed E-state index contributed by atoms with van der Waals surface area (Å²) in [7, 11) is -0.672. The molecule has 33 heavy (non-hydrogen) atoms. The van der Waals surface area contributed by atoms with Gasteiger partial charge in [-0.2, -0.15) is 4.36 Å². The third-order valence-corrected chi connectivity index (χ3v) is 7.98. The molecular weight excluding hydrogens is 451 g/mol. The smallest absolute Gasteiger partial charge is 0.150 e. The molecule has 0 unspecified atom stereocenters. The highest BCUT2D eigenvalue weighted by Gasteiger charge is 2.29. The molecule has 0 bridgehead atoms. The minimum atomic E-state index is -2.19. The second-order valence-electron chi connectivity index (χ2n) is 7.92. The lowest BCUT2D eigenvalue weighted by Crippen LogP contribution is -2.30. The fourth-order valence-corrected chi connectivity index (χ4v) is 5.20. The summed E-state index contributed by atoms with van der Waals surface area (Å²) in [6.45, 7) is 0.368. The summed E-state index contributed by atoms with van der Waals surface area (Å²) in [5.41, 5.74) is 1.54. The molecular formula is C22H23FN4O5S. The third-order valence-electron chi connectivity index (χ3n) is 5.58. The van der Waals surface area contributed by atoms with Crippen LogP contribution in [0.4, 0.5) is 21.6 Å². The summed E-state index contributed by atoms with van der Waals surface area (Å²) in [5.74, 6) is 1.79. The molecule has 3 heterocycles. The van der Waals surface area contributed by atoms with Crippen molar-refractivity contribution in [3.8, 4) is 11.5 Å². The van der Waals surface area contributed by atoms with Crippen molar-refractivity contribution in [3.05, 3.63) is 42.5 Å². The molecule has 5 rings (SSSR count). The highest BCUT2D eigenvalue weighted by molar-refractivity contribution is 7.95. The molecule has 0 amide bonds. The lowest BCUT2D eigenvalue weighted by molar-refractivity contribution is 0.0736. The van der Waals surface area contributed by atoms with Crippen LogP contribution in [0.25, 0.3) is 10.9 Å². The third kappa shape index (κ3) is 4.43. The van der Waals surface area contributed by atoms with Crippen molar-refractivity contribution in [2.24, 2.45) is 4.36 Å². The number of ether oxygens (including phenoxy) is 3. The number of nitrogens with zero attached hydrogens (tertiary/aromatic N) is 3. The molecule has 2 atom stereocenters. The number of rotatable bonds is 6. The van der Waals surface area contributed by atoms with E-state index in [1.54, 1.807) is 12.1 Å². The molecule has 174 valence electrons. The summed E-state index contributed by atoms with van der Waals surface area (Å²) in [6, 6.07) is 7.50. The minimum Gasteiger partial charge on any atom is -0.496 e. The zero-order valence-corrected chi connectivity index (χ0v) is 18.7. The van der Waals surface area contributed by atoms with E-state index in [1.807, 2.05) is 0 Å². The van der Waals surface area contributed by atoms with Gasteiger partial charge in [-0.3, -0.25) is 0 Å². The Morgan fingerprint density at radius 2 is 2.06 bits per heavy atom. The Labute approximate surface area is 190 Å². The summed E-state index contributed by atoms with van der Waals surface area (Å²) in [4.78, 5) is 8.67. The fraction of sp³-hybridized carbons (Fsp3) is 0.364. The van der Waals surface area contributed by atoms with Gasteiger partial charge in [0, 0.05) is 23.6 Å². The quantitative estimate of drug-likeness (QED) is 0.560. The van der Waals surface area contributed by atoms with Gasteiger partial charge < -0.3 is 24.6 Å². The molecule has 11 heteroatoms. The first kappa shape index (κ1) is 21.8. The lowest BCUT2D eigenvalue weighted by atomic mass is 10.2. The van der Waals surface area contributed by atoms with E-state index in [1.165, 1.54) is 31.6 Å². The highest BCUT2D eigenvalue weighted by Crippen LogP contribution is 2.38. The Bertz CT molecular complexity index is 1320. The second-order valence-corrected chi connectivity index (χ2v) is 10.5. The normalized spacial score (nSPS) is 21.4. The number of hydrogen-bond donors (Lipinski definition) is 2. The van der Waals surface area contributed by atoms with Crippen LogP contribution in [0, 0.1) is 5.82 Å². The Kier molecular flexibility index (Phi) is 5.77. The first-order valence-corrected chi connectivity index (χ1v) is 12.3. The summed E-state index contributed by atoms with van der Waals surface area (Å²) < 4.78 is 47.6. The van der Waals surface area contributed by atoms with Crippen LogP contribution >= 0.6 is 0 Å². The van der Waals surface area contributed by atoms with Crippen LogP contribution in [0.1, 0.15) is 6.42 Å². The van der Waals surface area contributed by atoms with Crippen molar-refractivity contribution in [3.63, 3.8) is 0 Å². The van der Waals surface area contributed by atoms with Crippen LogP contribution in [0.3, 0.4) is 0 Å². The van der Waals surface area contributed by atoms with Crippen LogP contribution < -0.4 is 14.8 Å². The summed E-state index contributed by atoms with van der Waals surface area (Å²) in [5, 5.41) is 13.8. The Morgan fingerprint density at radius 3 is 2.76 bits per heavy atom. The molecule has 2 aliphatic heterocycles. The van der Waals surface area contributed by atoms with Gasteiger partial charge in [0.2, 0.25) is 0 Å².